The highest BCUT2D eigenvalue weighted by Crippen LogP contribution is 2.45. The van der Waals surface area contributed by atoms with Gasteiger partial charge in [0.25, 0.3) is 5.91 Å². The average molecular weight is 493 g/mol. The largest absolute Gasteiger partial charge is 0.369 e. The number of thiophene rings is 1. The minimum atomic E-state index is -0.961. The maximum atomic E-state index is 13.6. The van der Waals surface area contributed by atoms with Crippen LogP contribution in [0, 0.1) is 17.8 Å². The lowest BCUT2D eigenvalue weighted by molar-refractivity contribution is -0.122. The van der Waals surface area contributed by atoms with Crippen molar-refractivity contribution in [2.75, 3.05) is 23.7 Å². The number of fused-ring (bicyclic) bond motifs is 3. The van der Waals surface area contributed by atoms with E-state index in [1.807, 2.05) is 17.5 Å². The second-order valence-electron chi connectivity index (χ2n) is 9.42. The van der Waals surface area contributed by atoms with Crippen LogP contribution in [0.5, 0.6) is 0 Å². The molecule has 8 nitrogen and oxygen atoms in total. The first-order valence-corrected chi connectivity index (χ1v) is 12.6. The fraction of sp³-hybridized carbons (Fsp3) is 0.360. The van der Waals surface area contributed by atoms with Crippen molar-refractivity contribution in [3.63, 3.8) is 0 Å². The molecule has 180 valence electrons. The minimum absolute atomic E-state index is 0.115. The van der Waals surface area contributed by atoms with Gasteiger partial charge in [-0.25, -0.2) is 9.37 Å². The van der Waals surface area contributed by atoms with Gasteiger partial charge in [-0.3, -0.25) is 9.59 Å². The third-order valence-electron chi connectivity index (χ3n) is 7.18. The topological polar surface area (TPSA) is 113 Å². The van der Waals surface area contributed by atoms with Gasteiger partial charge >= 0.3 is 0 Å². The first-order chi connectivity index (χ1) is 17.0. The van der Waals surface area contributed by atoms with Crippen LogP contribution in [0.2, 0.25) is 0 Å². The van der Waals surface area contributed by atoms with E-state index in [4.69, 9.17) is 10.7 Å². The summed E-state index contributed by atoms with van der Waals surface area (Å²) in [5.41, 5.74) is 7.66. The second kappa shape index (κ2) is 8.60. The molecule has 2 fully saturated rings. The van der Waals surface area contributed by atoms with Gasteiger partial charge in [0.2, 0.25) is 11.9 Å². The highest BCUT2D eigenvalue weighted by atomic mass is 32.1. The van der Waals surface area contributed by atoms with Crippen molar-refractivity contribution in [3.05, 3.63) is 53.4 Å². The number of anilines is 3. The molecule has 5 atom stereocenters. The monoisotopic (exact) mass is 492 g/mol. The number of hydrogen-bond donors (Lipinski definition) is 3. The molecule has 2 aliphatic carbocycles. The Morgan fingerprint density at radius 1 is 1.17 bits per heavy atom. The molecule has 4 N–H and O–H groups in total. The lowest BCUT2D eigenvalue weighted by atomic mass is 9.88. The molecule has 2 aromatic heterocycles. The number of nitrogens with zero attached hydrogens (tertiary/aromatic N) is 3. The Bertz CT molecular complexity index is 1340. The predicted octanol–water partition coefficient (Wildman–Crippen LogP) is 3.71. The van der Waals surface area contributed by atoms with Crippen molar-refractivity contribution in [1.29, 1.82) is 0 Å². The van der Waals surface area contributed by atoms with Crippen LogP contribution < -0.4 is 16.4 Å². The number of hydrogen-bond acceptors (Lipinski definition) is 7. The Morgan fingerprint density at radius 2 is 2.03 bits per heavy atom. The molecule has 1 unspecified atom stereocenters. The Labute approximate surface area is 205 Å². The maximum absolute atomic E-state index is 13.6. The summed E-state index contributed by atoms with van der Waals surface area (Å²) in [7, 11) is 0. The van der Waals surface area contributed by atoms with Crippen LogP contribution in [-0.4, -0.2) is 52.0 Å². The summed E-state index contributed by atoms with van der Waals surface area (Å²) < 4.78 is 14.5. The molecule has 1 saturated heterocycles. The van der Waals surface area contributed by atoms with E-state index in [2.05, 4.69) is 27.8 Å². The molecule has 6 rings (SSSR count). The third-order valence-corrected chi connectivity index (χ3v) is 8.09. The van der Waals surface area contributed by atoms with E-state index in [0.717, 1.165) is 16.6 Å². The number of aromatic nitrogens is 2. The first kappa shape index (κ1) is 22.0. The maximum Gasteiger partial charge on any atom is 0.254 e. The molecule has 1 aromatic carbocycles. The second-order valence-corrected chi connectivity index (χ2v) is 10.3. The Morgan fingerprint density at radius 3 is 2.83 bits per heavy atom. The molecule has 1 saturated carbocycles. The summed E-state index contributed by atoms with van der Waals surface area (Å²) in [6.07, 6.45) is 4.58. The Balaban J connectivity index is 1.27. The standard InChI is InChI=1S/C25H25FN6O2S/c26-16-6-8-32(12-16)24(34)15-2-1-3-17(11-15)28-25-29-18-7-9-35-21(18)23(31-25)30-20-14-5-4-13(10-14)19(20)22(27)33/h1-5,7,9,11,13-14,16,19-20H,6,8,10,12H2,(H2,27,33)(H2,28,29,30,31)/t13-,14+,16?,19+,20-/m1/s1. The number of alkyl halides is 1. The quantitative estimate of drug-likeness (QED) is 0.452. The summed E-state index contributed by atoms with van der Waals surface area (Å²) in [4.78, 5) is 35.8. The van der Waals surface area contributed by atoms with Gasteiger partial charge in [0.15, 0.2) is 0 Å². The van der Waals surface area contributed by atoms with Crippen LogP contribution in [0.1, 0.15) is 23.2 Å². The fourth-order valence-corrected chi connectivity index (χ4v) is 6.31. The highest BCUT2D eigenvalue weighted by Gasteiger charge is 2.47. The van der Waals surface area contributed by atoms with E-state index < -0.39 is 6.17 Å². The number of amides is 2. The fourth-order valence-electron chi connectivity index (χ4n) is 5.53. The summed E-state index contributed by atoms with van der Waals surface area (Å²) in [5, 5.41) is 8.66. The molecular weight excluding hydrogens is 467 g/mol. The normalized spacial score (nSPS) is 27.0. The zero-order valence-corrected chi connectivity index (χ0v) is 19.7. The number of nitrogens with two attached hydrogens (primary N) is 1. The Hall–Kier alpha value is -3.53. The average Bonchev–Trinajstić information content (AvgIpc) is 3.63. The van der Waals surface area contributed by atoms with E-state index in [9.17, 15) is 14.0 Å². The van der Waals surface area contributed by atoms with Crippen molar-refractivity contribution >= 4 is 50.8 Å². The van der Waals surface area contributed by atoms with Crippen LogP contribution in [0.15, 0.2) is 47.9 Å². The summed E-state index contributed by atoms with van der Waals surface area (Å²) in [6, 6.07) is 8.87. The number of likely N-dealkylation sites (tertiary alicyclic amines) is 1. The van der Waals surface area contributed by atoms with Crippen LogP contribution in [0.3, 0.4) is 0 Å². The van der Waals surface area contributed by atoms with Gasteiger partial charge in [0, 0.05) is 23.8 Å². The lowest BCUT2D eigenvalue weighted by Crippen LogP contribution is -2.41. The number of benzene rings is 1. The van der Waals surface area contributed by atoms with Crippen LogP contribution >= 0.6 is 11.3 Å². The zero-order valence-electron chi connectivity index (χ0n) is 18.9. The van der Waals surface area contributed by atoms with Crippen molar-refractivity contribution < 1.29 is 14.0 Å². The molecule has 1 aliphatic heterocycles. The van der Waals surface area contributed by atoms with Crippen molar-refractivity contribution in [2.45, 2.75) is 25.1 Å². The molecule has 3 heterocycles. The van der Waals surface area contributed by atoms with Crippen LogP contribution in [0.25, 0.3) is 10.2 Å². The van der Waals surface area contributed by atoms with Crippen molar-refractivity contribution in [3.8, 4) is 0 Å². The molecule has 35 heavy (non-hydrogen) atoms. The summed E-state index contributed by atoms with van der Waals surface area (Å²) >= 11 is 1.53. The number of primary amides is 1. The SMILES string of the molecule is NC(=O)[C@@H]1[C@H](Nc2nc(Nc3cccc(C(=O)N4CCC(F)C4)c3)nc3ccsc23)[C@H]2C=C[C@@H]1C2. The molecule has 0 radical (unpaired) electrons. The van der Waals surface area contributed by atoms with Gasteiger partial charge in [0.1, 0.15) is 12.0 Å². The van der Waals surface area contributed by atoms with Crippen LogP contribution in [0.4, 0.5) is 21.8 Å². The van der Waals surface area contributed by atoms with Gasteiger partial charge in [-0.1, -0.05) is 18.2 Å². The third kappa shape index (κ3) is 4.01. The van der Waals surface area contributed by atoms with Gasteiger partial charge in [0.05, 0.1) is 22.7 Å². The number of allylic oxidation sites excluding steroid dienone is 1. The molecule has 2 bridgehead atoms. The predicted molar refractivity (Wildman–Crippen MR) is 133 cm³/mol. The highest BCUT2D eigenvalue weighted by molar-refractivity contribution is 7.17. The number of halogens is 1. The van der Waals surface area contributed by atoms with Crippen LogP contribution in [-0.2, 0) is 4.79 Å². The molecule has 3 aliphatic rings. The molecule has 3 aromatic rings. The number of nitrogens with one attached hydrogen (secondary N) is 2. The van der Waals surface area contributed by atoms with E-state index >= 15 is 0 Å². The molecule has 2 amide bonds. The molecule has 0 spiro atoms. The number of rotatable bonds is 6. The van der Waals surface area contributed by atoms with Crippen molar-refractivity contribution in [1.82, 2.24) is 14.9 Å². The zero-order chi connectivity index (χ0) is 24.1. The first-order valence-electron chi connectivity index (χ1n) is 11.8. The minimum Gasteiger partial charge on any atom is -0.369 e. The molecular formula is C25H25FN6O2S. The van der Waals surface area contributed by atoms with E-state index in [0.29, 0.717) is 36.0 Å². The Kier molecular flexibility index (Phi) is 5.40. The van der Waals surface area contributed by atoms with Gasteiger partial charge in [-0.15, -0.1) is 11.3 Å². The number of carbonyl (C=O) groups excluding carboxylic acids is 2. The summed E-state index contributed by atoms with van der Waals surface area (Å²) in [5.74, 6) is 0.668. The van der Waals surface area contributed by atoms with Gasteiger partial charge < -0.3 is 21.3 Å². The van der Waals surface area contributed by atoms with E-state index in [-0.39, 0.29) is 42.2 Å². The van der Waals surface area contributed by atoms with Gasteiger partial charge in [-0.05, 0) is 54.3 Å². The molecule has 10 heteroatoms. The van der Waals surface area contributed by atoms with E-state index in [1.54, 1.807) is 23.1 Å². The lowest BCUT2D eigenvalue weighted by Gasteiger charge is -2.27. The summed E-state index contributed by atoms with van der Waals surface area (Å²) in [6.45, 7) is 0.559. The van der Waals surface area contributed by atoms with Gasteiger partial charge in [-0.2, -0.15) is 4.98 Å². The van der Waals surface area contributed by atoms with E-state index in [1.165, 1.54) is 11.3 Å². The van der Waals surface area contributed by atoms with Crippen molar-refractivity contribution in [2.24, 2.45) is 23.5 Å². The number of carbonyl (C=O) groups is 2. The smallest absolute Gasteiger partial charge is 0.254 e.